The van der Waals surface area contributed by atoms with E-state index in [2.05, 4.69) is 10.2 Å². The minimum absolute atomic E-state index is 0.0538. The van der Waals surface area contributed by atoms with Gasteiger partial charge in [0.2, 0.25) is 5.91 Å². The minimum atomic E-state index is -0.386. The Hall–Kier alpha value is -1.39. The summed E-state index contributed by atoms with van der Waals surface area (Å²) >= 11 is 5.78. The number of halogens is 2. The van der Waals surface area contributed by atoms with Crippen LogP contribution in [0.25, 0.3) is 0 Å². The number of hydrogen-bond donors (Lipinski definition) is 1. The van der Waals surface area contributed by atoms with Crippen LogP contribution in [0, 0.1) is 11.7 Å². The average Bonchev–Trinajstić information content (AvgIpc) is 3.18. The molecule has 1 N–H and O–H groups in total. The van der Waals surface area contributed by atoms with E-state index in [0.717, 1.165) is 43.4 Å². The van der Waals surface area contributed by atoms with Gasteiger partial charge in [0.1, 0.15) is 5.82 Å². The molecule has 0 saturated carbocycles. The van der Waals surface area contributed by atoms with E-state index in [1.807, 2.05) is 19.2 Å². The second-order valence-corrected chi connectivity index (χ2v) is 6.89. The van der Waals surface area contributed by atoms with Crippen molar-refractivity contribution in [2.45, 2.75) is 31.7 Å². The van der Waals surface area contributed by atoms with Crippen molar-refractivity contribution in [1.82, 2.24) is 10.2 Å². The lowest BCUT2D eigenvalue weighted by Gasteiger charge is -2.26. The van der Waals surface area contributed by atoms with Gasteiger partial charge in [-0.05, 0) is 62.9 Å². The van der Waals surface area contributed by atoms with E-state index in [1.54, 1.807) is 6.07 Å². The number of nitrogens with zero attached hydrogens (tertiary/aromatic N) is 1. The fourth-order valence-corrected chi connectivity index (χ4v) is 3.79. The second-order valence-electron chi connectivity index (χ2n) is 6.48. The molecule has 3 rings (SSSR count). The highest BCUT2D eigenvalue weighted by atomic mass is 35.5. The molecule has 0 spiro atoms. The third-order valence-electron chi connectivity index (χ3n) is 4.92. The van der Waals surface area contributed by atoms with Gasteiger partial charge in [-0.15, -0.1) is 0 Å². The summed E-state index contributed by atoms with van der Waals surface area (Å²) in [5, 5.41) is 3.20. The molecule has 1 saturated heterocycles. The van der Waals surface area contributed by atoms with E-state index >= 15 is 0 Å². The van der Waals surface area contributed by atoms with Crippen molar-refractivity contribution in [1.29, 1.82) is 0 Å². The molecule has 1 heterocycles. The molecule has 1 aromatic rings. The molecule has 0 bridgehead atoms. The molecule has 2 atom stereocenters. The highest BCUT2D eigenvalue weighted by Crippen LogP contribution is 2.36. The Balaban J connectivity index is 1.68. The van der Waals surface area contributed by atoms with Crippen molar-refractivity contribution < 1.29 is 9.18 Å². The highest BCUT2D eigenvalue weighted by molar-refractivity contribution is 6.30. The zero-order valence-electron chi connectivity index (χ0n) is 13.3. The smallest absolute Gasteiger partial charge is 0.246 e. The van der Waals surface area contributed by atoms with Crippen LogP contribution in [-0.4, -0.2) is 30.9 Å². The van der Waals surface area contributed by atoms with Gasteiger partial charge in [0.05, 0.1) is 5.02 Å². The summed E-state index contributed by atoms with van der Waals surface area (Å²) in [6, 6.07) is 5.12. The van der Waals surface area contributed by atoms with Crippen molar-refractivity contribution in [3.05, 3.63) is 46.3 Å². The van der Waals surface area contributed by atoms with Gasteiger partial charge < -0.3 is 5.32 Å². The molecule has 2 aliphatic rings. The molecule has 3 nitrogen and oxygen atoms in total. The highest BCUT2D eigenvalue weighted by Gasteiger charge is 2.33. The van der Waals surface area contributed by atoms with E-state index in [4.69, 9.17) is 11.6 Å². The van der Waals surface area contributed by atoms with Crippen molar-refractivity contribution in [3.8, 4) is 0 Å². The maximum absolute atomic E-state index is 13.8. The predicted octanol–water partition coefficient (Wildman–Crippen LogP) is 3.70. The molecule has 0 unspecified atom stereocenters. The van der Waals surface area contributed by atoms with E-state index in [9.17, 15) is 9.18 Å². The summed E-state index contributed by atoms with van der Waals surface area (Å²) in [6.45, 7) is 1.56. The number of carbonyl (C=O) groups is 1. The van der Waals surface area contributed by atoms with Crippen molar-refractivity contribution in [3.63, 3.8) is 0 Å². The quantitative estimate of drug-likeness (QED) is 0.909. The van der Waals surface area contributed by atoms with Crippen LogP contribution in [0.15, 0.2) is 29.8 Å². The summed E-state index contributed by atoms with van der Waals surface area (Å²) < 4.78 is 13.8. The Bertz CT molecular complexity index is 631. The Morgan fingerprint density at radius 2 is 2.30 bits per heavy atom. The number of rotatable bonds is 4. The van der Waals surface area contributed by atoms with E-state index in [-0.39, 0.29) is 28.7 Å². The van der Waals surface area contributed by atoms with Gasteiger partial charge >= 0.3 is 0 Å². The molecule has 0 radical (unpaired) electrons. The summed E-state index contributed by atoms with van der Waals surface area (Å²) in [5.74, 6) is -0.0482. The van der Waals surface area contributed by atoms with Gasteiger partial charge in [-0.1, -0.05) is 23.7 Å². The largest absolute Gasteiger partial charge is 0.352 e. The summed E-state index contributed by atoms with van der Waals surface area (Å²) in [4.78, 5) is 14.4. The van der Waals surface area contributed by atoms with Crippen LogP contribution in [-0.2, 0) is 4.79 Å². The summed E-state index contributed by atoms with van der Waals surface area (Å²) in [5.41, 5.74) is 1.83. The predicted molar refractivity (Wildman–Crippen MR) is 89.8 cm³/mol. The van der Waals surface area contributed by atoms with Gasteiger partial charge in [-0.3, -0.25) is 9.69 Å². The molecule has 23 heavy (non-hydrogen) atoms. The van der Waals surface area contributed by atoms with Crippen LogP contribution >= 0.6 is 11.6 Å². The van der Waals surface area contributed by atoms with Crippen LogP contribution in [0.2, 0.25) is 5.02 Å². The molecule has 0 aromatic heterocycles. The molecular weight excluding hydrogens is 315 g/mol. The fourth-order valence-electron chi connectivity index (χ4n) is 3.68. The standard InChI is InChI=1S/C18H22ClFN2O/c1-22-9-8-14(11-21-18(23)12-4-2-3-5-12)17(22)13-6-7-15(19)16(20)10-13/h4,6-7,10,14,17H,2-3,5,8-9,11H2,1H3,(H,21,23)/t14-,17-/m1/s1. The first-order chi connectivity index (χ1) is 11.1. The monoisotopic (exact) mass is 336 g/mol. The molecule has 1 aliphatic heterocycles. The summed E-state index contributed by atoms with van der Waals surface area (Å²) in [6.07, 6.45) is 5.97. The molecule has 124 valence electrons. The first-order valence-corrected chi connectivity index (χ1v) is 8.56. The van der Waals surface area contributed by atoms with E-state index in [1.165, 1.54) is 6.07 Å². The fraction of sp³-hybridized carbons (Fsp3) is 0.500. The molecule has 1 amide bonds. The lowest BCUT2D eigenvalue weighted by Crippen LogP contribution is -2.33. The Kier molecular flexibility index (Phi) is 5.02. The molecule has 1 aromatic carbocycles. The number of likely N-dealkylation sites (tertiary alicyclic amines) is 1. The summed E-state index contributed by atoms with van der Waals surface area (Å²) in [7, 11) is 2.04. The molecule has 1 aliphatic carbocycles. The normalized spacial score (nSPS) is 24.7. The maximum Gasteiger partial charge on any atom is 0.246 e. The third kappa shape index (κ3) is 3.59. The third-order valence-corrected chi connectivity index (χ3v) is 5.22. The zero-order valence-corrected chi connectivity index (χ0v) is 14.1. The maximum atomic E-state index is 13.8. The SMILES string of the molecule is CN1CC[C@H](CNC(=O)C2=CCCC2)[C@H]1c1ccc(Cl)c(F)c1. The number of hydrogen-bond acceptors (Lipinski definition) is 2. The average molecular weight is 337 g/mol. The first kappa shape index (κ1) is 16.5. The van der Waals surface area contributed by atoms with E-state index in [0.29, 0.717) is 6.54 Å². The lowest BCUT2D eigenvalue weighted by molar-refractivity contribution is -0.117. The van der Waals surface area contributed by atoms with Crippen LogP contribution < -0.4 is 5.32 Å². The molecule has 1 fully saturated rings. The van der Waals surface area contributed by atoms with E-state index < -0.39 is 0 Å². The van der Waals surface area contributed by atoms with Gasteiger partial charge in [0.25, 0.3) is 0 Å². The van der Waals surface area contributed by atoms with Crippen LogP contribution in [0.4, 0.5) is 4.39 Å². The van der Waals surface area contributed by atoms with Crippen molar-refractivity contribution in [2.75, 3.05) is 20.1 Å². The van der Waals surface area contributed by atoms with Gasteiger partial charge in [0, 0.05) is 18.2 Å². The van der Waals surface area contributed by atoms with Crippen molar-refractivity contribution in [2.24, 2.45) is 5.92 Å². The van der Waals surface area contributed by atoms with Crippen LogP contribution in [0.5, 0.6) is 0 Å². The number of carbonyl (C=O) groups excluding carboxylic acids is 1. The topological polar surface area (TPSA) is 32.3 Å². The Labute approximate surface area is 141 Å². The number of nitrogens with one attached hydrogen (secondary N) is 1. The Morgan fingerprint density at radius 3 is 3.00 bits per heavy atom. The van der Waals surface area contributed by atoms with Gasteiger partial charge in [0.15, 0.2) is 0 Å². The van der Waals surface area contributed by atoms with Crippen LogP contribution in [0.1, 0.15) is 37.3 Å². The first-order valence-electron chi connectivity index (χ1n) is 8.18. The van der Waals surface area contributed by atoms with Gasteiger partial charge in [-0.25, -0.2) is 4.39 Å². The molecule has 5 heteroatoms. The number of allylic oxidation sites excluding steroid dienone is 1. The number of benzene rings is 1. The zero-order chi connectivity index (χ0) is 16.4. The van der Waals surface area contributed by atoms with Crippen molar-refractivity contribution >= 4 is 17.5 Å². The lowest BCUT2D eigenvalue weighted by atomic mass is 9.93. The second kappa shape index (κ2) is 7.02. The van der Waals surface area contributed by atoms with Crippen LogP contribution in [0.3, 0.4) is 0 Å². The minimum Gasteiger partial charge on any atom is -0.352 e. The number of amides is 1. The van der Waals surface area contributed by atoms with Gasteiger partial charge in [-0.2, -0.15) is 0 Å². The Morgan fingerprint density at radius 1 is 1.48 bits per heavy atom. The molecular formula is C18H22ClFN2O.